The quantitative estimate of drug-likeness (QED) is 0.577. The summed E-state index contributed by atoms with van der Waals surface area (Å²) in [6, 6.07) is 16.4. The number of rotatable bonds is 8. The average Bonchev–Trinajstić information content (AvgIpc) is 2.70. The van der Waals surface area contributed by atoms with E-state index in [0.717, 1.165) is 17.5 Å². The molecule has 2 N–H and O–H groups in total. The van der Waals surface area contributed by atoms with Gasteiger partial charge in [-0.1, -0.05) is 36.8 Å². The molecule has 0 unspecified atom stereocenters. The maximum atomic E-state index is 12.2. The minimum absolute atomic E-state index is 0.0856. The van der Waals surface area contributed by atoms with E-state index in [-0.39, 0.29) is 11.8 Å². The number of nitrogens with one attached hydrogen (secondary N) is 2. The molecule has 0 spiro atoms. The largest absolute Gasteiger partial charge is 0.439 e. The smallest absolute Gasteiger partial charge is 0.228 e. The van der Waals surface area contributed by atoms with E-state index < -0.39 is 0 Å². The van der Waals surface area contributed by atoms with Crippen LogP contribution in [0.15, 0.2) is 60.9 Å². The Morgan fingerprint density at radius 2 is 1.77 bits per heavy atom. The van der Waals surface area contributed by atoms with Crippen LogP contribution < -0.4 is 15.4 Å². The molecule has 7 heteroatoms. The van der Waals surface area contributed by atoms with Crippen molar-refractivity contribution in [2.24, 2.45) is 0 Å². The molecular weight excluding hydrogens is 380 g/mol. The fraction of sp³-hybridized carbons (Fsp3) is 0.217. The highest BCUT2D eigenvalue weighted by molar-refractivity contribution is 5.92. The van der Waals surface area contributed by atoms with Crippen LogP contribution in [-0.4, -0.2) is 21.8 Å². The first-order valence-electron chi connectivity index (χ1n) is 9.77. The van der Waals surface area contributed by atoms with E-state index in [1.807, 2.05) is 38.1 Å². The molecule has 3 aromatic rings. The molecule has 154 valence electrons. The van der Waals surface area contributed by atoms with E-state index in [1.54, 1.807) is 30.3 Å². The summed E-state index contributed by atoms with van der Waals surface area (Å²) in [5, 5.41) is 5.58. The van der Waals surface area contributed by atoms with Crippen LogP contribution in [0, 0.1) is 6.92 Å². The van der Waals surface area contributed by atoms with Crippen molar-refractivity contribution in [2.75, 3.05) is 10.6 Å². The Balaban J connectivity index is 1.56. The molecule has 30 heavy (non-hydrogen) atoms. The lowest BCUT2D eigenvalue weighted by atomic mass is 10.1. The van der Waals surface area contributed by atoms with Crippen LogP contribution in [0.1, 0.15) is 30.9 Å². The van der Waals surface area contributed by atoms with Gasteiger partial charge in [-0.25, -0.2) is 9.97 Å². The molecule has 0 bridgehead atoms. The maximum absolute atomic E-state index is 12.2. The highest BCUT2D eigenvalue weighted by atomic mass is 16.5. The maximum Gasteiger partial charge on any atom is 0.228 e. The molecule has 0 aliphatic rings. The van der Waals surface area contributed by atoms with Gasteiger partial charge in [0, 0.05) is 18.2 Å². The zero-order valence-electron chi connectivity index (χ0n) is 17.0. The Morgan fingerprint density at radius 3 is 2.50 bits per heavy atom. The molecule has 0 fully saturated rings. The van der Waals surface area contributed by atoms with Crippen molar-refractivity contribution < 1.29 is 14.3 Å². The normalized spacial score (nSPS) is 10.3. The second kappa shape index (κ2) is 10.2. The first kappa shape index (κ1) is 21.0. The van der Waals surface area contributed by atoms with E-state index in [0.29, 0.717) is 36.0 Å². The van der Waals surface area contributed by atoms with Crippen LogP contribution >= 0.6 is 0 Å². The Morgan fingerprint density at radius 1 is 0.967 bits per heavy atom. The summed E-state index contributed by atoms with van der Waals surface area (Å²) in [4.78, 5) is 32.0. The minimum atomic E-state index is -0.104. The summed E-state index contributed by atoms with van der Waals surface area (Å²) in [6.45, 7) is 3.93. The van der Waals surface area contributed by atoms with Crippen LogP contribution in [0.4, 0.5) is 11.5 Å². The number of ether oxygens (including phenoxy) is 1. The second-order valence-electron chi connectivity index (χ2n) is 6.88. The van der Waals surface area contributed by atoms with E-state index in [9.17, 15) is 9.59 Å². The van der Waals surface area contributed by atoms with E-state index in [1.165, 1.54) is 6.33 Å². The van der Waals surface area contributed by atoms with Gasteiger partial charge < -0.3 is 15.4 Å². The Labute approximate surface area is 175 Å². The number of hydrogen-bond donors (Lipinski definition) is 2. The molecule has 0 aliphatic carbocycles. The predicted octanol–water partition coefficient (Wildman–Crippen LogP) is 4.50. The molecule has 0 saturated carbocycles. The Kier molecular flexibility index (Phi) is 7.10. The van der Waals surface area contributed by atoms with Gasteiger partial charge in [0.2, 0.25) is 17.7 Å². The minimum Gasteiger partial charge on any atom is -0.439 e. The standard InChI is InChI=1S/C23H24N4O3/c1-3-5-21(28)27-20-14-23(25-15-24-20)30-19-10-8-18(9-11-19)26-22(29)13-17-7-4-6-16(2)12-17/h4,6-12,14-15H,3,5,13H2,1-2H3,(H,26,29)(H,24,25,27,28). The number of carbonyl (C=O) groups excluding carboxylic acids is 2. The Hall–Kier alpha value is -3.74. The van der Waals surface area contributed by atoms with Crippen LogP contribution in [0.3, 0.4) is 0 Å². The van der Waals surface area contributed by atoms with E-state index in [2.05, 4.69) is 20.6 Å². The third-order valence-electron chi connectivity index (χ3n) is 4.19. The molecule has 0 aliphatic heterocycles. The number of hydrogen-bond acceptors (Lipinski definition) is 5. The van der Waals surface area contributed by atoms with Gasteiger partial charge in [-0.05, 0) is 43.2 Å². The van der Waals surface area contributed by atoms with Crippen molar-refractivity contribution in [3.05, 3.63) is 72.1 Å². The third-order valence-corrected chi connectivity index (χ3v) is 4.19. The summed E-state index contributed by atoms with van der Waals surface area (Å²) >= 11 is 0. The fourth-order valence-corrected chi connectivity index (χ4v) is 2.84. The van der Waals surface area contributed by atoms with E-state index >= 15 is 0 Å². The molecule has 2 aromatic carbocycles. The van der Waals surface area contributed by atoms with Crippen molar-refractivity contribution in [3.8, 4) is 11.6 Å². The van der Waals surface area contributed by atoms with Crippen LogP contribution in [-0.2, 0) is 16.0 Å². The first-order chi connectivity index (χ1) is 14.5. The van der Waals surface area contributed by atoms with Gasteiger partial charge in [0.15, 0.2) is 0 Å². The second-order valence-corrected chi connectivity index (χ2v) is 6.88. The molecule has 0 saturated heterocycles. The summed E-state index contributed by atoms with van der Waals surface area (Å²) in [5.41, 5.74) is 2.77. The lowest BCUT2D eigenvalue weighted by Gasteiger charge is -2.09. The molecule has 2 amide bonds. The SMILES string of the molecule is CCCC(=O)Nc1cc(Oc2ccc(NC(=O)Cc3cccc(C)c3)cc2)ncn1. The van der Waals surface area contributed by atoms with Gasteiger partial charge in [0.05, 0.1) is 6.42 Å². The fourth-order valence-electron chi connectivity index (χ4n) is 2.84. The summed E-state index contributed by atoms with van der Waals surface area (Å²) < 4.78 is 5.71. The monoisotopic (exact) mass is 404 g/mol. The summed E-state index contributed by atoms with van der Waals surface area (Å²) in [5.74, 6) is 1.06. The van der Waals surface area contributed by atoms with Crippen molar-refractivity contribution in [3.63, 3.8) is 0 Å². The van der Waals surface area contributed by atoms with Gasteiger partial charge >= 0.3 is 0 Å². The van der Waals surface area contributed by atoms with Crippen LogP contribution in [0.25, 0.3) is 0 Å². The van der Waals surface area contributed by atoms with Crippen molar-refractivity contribution in [1.29, 1.82) is 0 Å². The highest BCUT2D eigenvalue weighted by Crippen LogP contribution is 2.23. The number of aromatic nitrogens is 2. The number of nitrogens with zero attached hydrogens (tertiary/aromatic N) is 2. The average molecular weight is 404 g/mol. The number of carbonyl (C=O) groups is 2. The number of aryl methyl sites for hydroxylation is 1. The molecule has 7 nitrogen and oxygen atoms in total. The molecular formula is C23H24N4O3. The van der Waals surface area contributed by atoms with Gasteiger partial charge in [-0.15, -0.1) is 0 Å². The molecule has 1 aromatic heterocycles. The van der Waals surface area contributed by atoms with Crippen LogP contribution in [0.2, 0.25) is 0 Å². The van der Waals surface area contributed by atoms with Gasteiger partial charge in [0.25, 0.3) is 0 Å². The summed E-state index contributed by atoms with van der Waals surface area (Å²) in [7, 11) is 0. The summed E-state index contributed by atoms with van der Waals surface area (Å²) in [6.07, 6.45) is 2.83. The predicted molar refractivity (Wildman–Crippen MR) is 116 cm³/mol. The van der Waals surface area contributed by atoms with E-state index in [4.69, 9.17) is 4.74 Å². The van der Waals surface area contributed by atoms with Gasteiger partial charge in [0.1, 0.15) is 17.9 Å². The lowest BCUT2D eigenvalue weighted by molar-refractivity contribution is -0.116. The molecule has 1 heterocycles. The molecule has 3 rings (SSSR count). The van der Waals surface area contributed by atoms with Crippen molar-refractivity contribution in [2.45, 2.75) is 33.1 Å². The highest BCUT2D eigenvalue weighted by Gasteiger charge is 2.07. The van der Waals surface area contributed by atoms with Gasteiger partial charge in [-0.3, -0.25) is 9.59 Å². The van der Waals surface area contributed by atoms with Crippen LogP contribution in [0.5, 0.6) is 11.6 Å². The number of benzene rings is 2. The molecule has 0 atom stereocenters. The Bertz CT molecular complexity index is 1020. The topological polar surface area (TPSA) is 93.2 Å². The zero-order valence-corrected chi connectivity index (χ0v) is 17.0. The van der Waals surface area contributed by atoms with Crippen molar-refractivity contribution in [1.82, 2.24) is 9.97 Å². The lowest BCUT2D eigenvalue weighted by Crippen LogP contribution is -2.14. The zero-order chi connectivity index (χ0) is 21.3. The number of amides is 2. The van der Waals surface area contributed by atoms with Gasteiger partial charge in [-0.2, -0.15) is 0 Å². The molecule has 0 radical (unpaired) electrons. The first-order valence-corrected chi connectivity index (χ1v) is 9.77. The number of anilines is 2. The third kappa shape index (κ3) is 6.41. The van der Waals surface area contributed by atoms with Crippen molar-refractivity contribution >= 4 is 23.3 Å².